The molecule has 3 atom stereocenters. The normalized spacial score (nSPS) is 41.2. The number of hydrogen-bond donors (Lipinski definition) is 0. The zero-order valence-electron chi connectivity index (χ0n) is 7.84. The van der Waals surface area contributed by atoms with E-state index in [1.165, 1.54) is 24.7 Å². The van der Waals surface area contributed by atoms with Crippen LogP contribution in [-0.4, -0.2) is 0 Å². The van der Waals surface area contributed by atoms with Crippen molar-refractivity contribution < 1.29 is 0 Å². The van der Waals surface area contributed by atoms with E-state index in [-0.39, 0.29) is 0 Å². The van der Waals surface area contributed by atoms with E-state index in [4.69, 9.17) is 0 Å². The maximum Gasteiger partial charge on any atom is -0.0352 e. The second-order valence-corrected chi connectivity index (χ2v) is 4.48. The molecule has 2 aliphatic carbocycles. The molecule has 0 aromatic heterocycles. The molecular formula is C11H20. The molecule has 2 saturated carbocycles. The highest BCUT2D eigenvalue weighted by Crippen LogP contribution is 2.58. The Balaban J connectivity index is 1.92. The molecule has 0 aliphatic heterocycles. The van der Waals surface area contributed by atoms with Gasteiger partial charge in [0.2, 0.25) is 0 Å². The monoisotopic (exact) mass is 152 g/mol. The molecule has 0 bridgehead atoms. The molecule has 11 heavy (non-hydrogen) atoms. The standard InChI is InChI=1S/C11H20/c1-3-8(4-2)10-6-5-9-7-11(9)10/h8-11H,3-7H2,1-2H3/t9-,10-,11-/m1/s1. The van der Waals surface area contributed by atoms with Crippen molar-refractivity contribution in [2.24, 2.45) is 23.7 Å². The Labute approximate surface area is 70.4 Å². The summed E-state index contributed by atoms with van der Waals surface area (Å²) in [6.07, 6.45) is 7.55. The van der Waals surface area contributed by atoms with Crippen LogP contribution in [0, 0.1) is 23.7 Å². The van der Waals surface area contributed by atoms with E-state index < -0.39 is 0 Å². The Bertz CT molecular complexity index is 135. The third-order valence-corrected chi connectivity index (χ3v) is 4.05. The summed E-state index contributed by atoms with van der Waals surface area (Å²) in [5.41, 5.74) is 0. The summed E-state index contributed by atoms with van der Waals surface area (Å²) < 4.78 is 0. The van der Waals surface area contributed by atoms with Crippen LogP contribution in [0.5, 0.6) is 0 Å². The maximum atomic E-state index is 2.36. The second-order valence-electron chi connectivity index (χ2n) is 4.48. The van der Waals surface area contributed by atoms with Gasteiger partial charge in [0.25, 0.3) is 0 Å². The highest BCUT2D eigenvalue weighted by Gasteiger charge is 2.49. The van der Waals surface area contributed by atoms with Gasteiger partial charge in [0, 0.05) is 0 Å². The van der Waals surface area contributed by atoms with E-state index in [0.717, 1.165) is 11.8 Å². The fourth-order valence-corrected chi connectivity index (χ4v) is 3.23. The predicted octanol–water partition coefficient (Wildman–Crippen LogP) is 3.47. The van der Waals surface area contributed by atoms with Crippen molar-refractivity contribution in [2.75, 3.05) is 0 Å². The van der Waals surface area contributed by atoms with Crippen LogP contribution in [-0.2, 0) is 0 Å². The summed E-state index contributed by atoms with van der Waals surface area (Å²) in [5, 5.41) is 0. The highest BCUT2D eigenvalue weighted by atomic mass is 14.5. The van der Waals surface area contributed by atoms with Crippen LogP contribution in [0.15, 0.2) is 0 Å². The molecule has 0 saturated heterocycles. The maximum absolute atomic E-state index is 2.36. The summed E-state index contributed by atoms with van der Waals surface area (Å²) >= 11 is 0. The molecule has 2 aliphatic rings. The van der Waals surface area contributed by atoms with Crippen molar-refractivity contribution in [3.05, 3.63) is 0 Å². The number of hydrogen-bond acceptors (Lipinski definition) is 0. The van der Waals surface area contributed by atoms with E-state index in [1.807, 2.05) is 0 Å². The third-order valence-electron chi connectivity index (χ3n) is 4.05. The molecule has 64 valence electrons. The molecule has 0 amide bonds. The van der Waals surface area contributed by atoms with E-state index in [2.05, 4.69) is 13.8 Å². The minimum Gasteiger partial charge on any atom is -0.0651 e. The van der Waals surface area contributed by atoms with Crippen molar-refractivity contribution in [1.82, 2.24) is 0 Å². The fraction of sp³-hybridized carbons (Fsp3) is 1.00. The summed E-state index contributed by atoms with van der Waals surface area (Å²) in [5.74, 6) is 4.56. The van der Waals surface area contributed by atoms with Gasteiger partial charge in [0.15, 0.2) is 0 Å². The minimum absolute atomic E-state index is 1.06. The molecule has 2 fully saturated rings. The lowest BCUT2D eigenvalue weighted by Gasteiger charge is -2.21. The molecule has 0 radical (unpaired) electrons. The van der Waals surface area contributed by atoms with Crippen LogP contribution in [0.2, 0.25) is 0 Å². The molecule has 0 aromatic rings. The summed E-state index contributed by atoms with van der Waals surface area (Å²) in [7, 11) is 0. The second kappa shape index (κ2) is 2.80. The van der Waals surface area contributed by atoms with Crippen LogP contribution < -0.4 is 0 Å². The SMILES string of the molecule is CCC(CC)[C@H]1CC[C@@H]2C[C@H]21. The molecule has 0 heteroatoms. The van der Waals surface area contributed by atoms with Gasteiger partial charge in [-0.05, 0) is 42.9 Å². The first-order valence-electron chi connectivity index (χ1n) is 5.36. The van der Waals surface area contributed by atoms with Gasteiger partial charge in [0.1, 0.15) is 0 Å². The number of rotatable bonds is 3. The van der Waals surface area contributed by atoms with E-state index in [0.29, 0.717) is 0 Å². The van der Waals surface area contributed by atoms with Gasteiger partial charge >= 0.3 is 0 Å². The van der Waals surface area contributed by atoms with E-state index in [1.54, 1.807) is 19.3 Å². The van der Waals surface area contributed by atoms with Gasteiger partial charge in [-0.2, -0.15) is 0 Å². The molecule has 2 rings (SSSR count). The van der Waals surface area contributed by atoms with E-state index in [9.17, 15) is 0 Å². The van der Waals surface area contributed by atoms with Crippen LogP contribution in [0.4, 0.5) is 0 Å². The Morgan fingerprint density at radius 1 is 1.18 bits per heavy atom. The van der Waals surface area contributed by atoms with Crippen molar-refractivity contribution in [2.45, 2.75) is 46.0 Å². The Morgan fingerprint density at radius 2 is 1.91 bits per heavy atom. The van der Waals surface area contributed by atoms with Gasteiger partial charge < -0.3 is 0 Å². The molecule has 0 nitrogen and oxygen atoms in total. The fourth-order valence-electron chi connectivity index (χ4n) is 3.23. The molecule has 0 aromatic carbocycles. The van der Waals surface area contributed by atoms with Crippen molar-refractivity contribution >= 4 is 0 Å². The van der Waals surface area contributed by atoms with Crippen molar-refractivity contribution in [1.29, 1.82) is 0 Å². The highest BCUT2D eigenvalue weighted by molar-refractivity contribution is 4.99. The van der Waals surface area contributed by atoms with Crippen LogP contribution in [0.25, 0.3) is 0 Å². The van der Waals surface area contributed by atoms with Crippen molar-refractivity contribution in [3.63, 3.8) is 0 Å². The summed E-state index contributed by atoms with van der Waals surface area (Å²) in [4.78, 5) is 0. The molecule has 0 N–H and O–H groups in total. The smallest absolute Gasteiger partial charge is 0.0352 e. The van der Waals surface area contributed by atoms with Crippen LogP contribution >= 0.6 is 0 Å². The molecule has 0 heterocycles. The van der Waals surface area contributed by atoms with Gasteiger partial charge in [0.05, 0.1) is 0 Å². The summed E-state index contributed by atoms with van der Waals surface area (Å²) in [6.45, 7) is 4.73. The molecular weight excluding hydrogens is 132 g/mol. The largest absolute Gasteiger partial charge is 0.0651 e. The Hall–Kier alpha value is 0. The van der Waals surface area contributed by atoms with E-state index >= 15 is 0 Å². The number of fused-ring (bicyclic) bond motifs is 1. The lowest BCUT2D eigenvalue weighted by molar-refractivity contribution is 0.287. The van der Waals surface area contributed by atoms with Gasteiger partial charge in [-0.25, -0.2) is 0 Å². The minimum atomic E-state index is 1.06. The van der Waals surface area contributed by atoms with Crippen LogP contribution in [0.1, 0.15) is 46.0 Å². The first kappa shape index (κ1) is 7.64. The zero-order chi connectivity index (χ0) is 7.84. The van der Waals surface area contributed by atoms with Crippen LogP contribution in [0.3, 0.4) is 0 Å². The molecule has 0 unspecified atom stereocenters. The lowest BCUT2D eigenvalue weighted by atomic mass is 9.84. The van der Waals surface area contributed by atoms with Gasteiger partial charge in [-0.1, -0.05) is 26.7 Å². The lowest BCUT2D eigenvalue weighted by Crippen LogP contribution is -2.12. The van der Waals surface area contributed by atoms with Crippen molar-refractivity contribution in [3.8, 4) is 0 Å². The average molecular weight is 152 g/mol. The third kappa shape index (κ3) is 1.21. The average Bonchev–Trinajstić information content (AvgIpc) is 2.70. The zero-order valence-corrected chi connectivity index (χ0v) is 7.84. The topological polar surface area (TPSA) is 0 Å². The predicted molar refractivity (Wildman–Crippen MR) is 48.4 cm³/mol. The molecule has 0 spiro atoms. The van der Waals surface area contributed by atoms with Gasteiger partial charge in [-0.3, -0.25) is 0 Å². The quantitative estimate of drug-likeness (QED) is 0.581. The van der Waals surface area contributed by atoms with Gasteiger partial charge in [-0.15, -0.1) is 0 Å². The first-order chi connectivity index (χ1) is 5.36. The Morgan fingerprint density at radius 3 is 2.27 bits per heavy atom. The Kier molecular flexibility index (Phi) is 1.95. The summed E-state index contributed by atoms with van der Waals surface area (Å²) in [6, 6.07) is 0. The first-order valence-corrected chi connectivity index (χ1v) is 5.36.